The zero-order chi connectivity index (χ0) is 14.0. The fraction of sp³-hybridized carbons (Fsp3) is 0.533. The minimum absolute atomic E-state index is 0.0583. The molecule has 4 nitrogen and oxygen atoms in total. The van der Waals surface area contributed by atoms with Gasteiger partial charge in [0.05, 0.1) is 12.8 Å². The molecular formula is C15H22N2O2. The molecule has 1 aromatic carbocycles. The molecule has 104 valence electrons. The fourth-order valence-corrected chi connectivity index (χ4v) is 2.70. The van der Waals surface area contributed by atoms with Crippen LogP contribution in [0.5, 0.6) is 5.75 Å². The smallest absolute Gasteiger partial charge is 0.251 e. The van der Waals surface area contributed by atoms with Crippen molar-refractivity contribution in [2.24, 2.45) is 5.41 Å². The van der Waals surface area contributed by atoms with E-state index in [0.29, 0.717) is 22.4 Å². The standard InChI is InChI=1S/C15H22N2O2/c1-15(2)7-6-11(9-15)17-14(18)10-4-5-13(19-3)12(16)8-10/h4-5,8,11H,6-7,9,16H2,1-3H3,(H,17,18). The van der Waals surface area contributed by atoms with Gasteiger partial charge in [-0.1, -0.05) is 13.8 Å². The summed E-state index contributed by atoms with van der Waals surface area (Å²) in [5.41, 5.74) is 7.22. The summed E-state index contributed by atoms with van der Waals surface area (Å²) in [7, 11) is 1.56. The van der Waals surface area contributed by atoms with Crippen molar-refractivity contribution in [2.45, 2.75) is 39.2 Å². The number of methoxy groups -OCH3 is 1. The van der Waals surface area contributed by atoms with E-state index in [4.69, 9.17) is 10.5 Å². The number of hydrogen-bond donors (Lipinski definition) is 2. The summed E-state index contributed by atoms with van der Waals surface area (Å²) in [6, 6.07) is 5.40. The predicted octanol–water partition coefficient (Wildman–Crippen LogP) is 2.59. The first kappa shape index (κ1) is 13.7. The van der Waals surface area contributed by atoms with Gasteiger partial charge < -0.3 is 15.8 Å². The highest BCUT2D eigenvalue weighted by atomic mass is 16.5. The maximum atomic E-state index is 12.2. The third-order valence-corrected chi connectivity index (χ3v) is 3.80. The minimum atomic E-state index is -0.0583. The zero-order valence-electron chi connectivity index (χ0n) is 11.8. The predicted molar refractivity (Wildman–Crippen MR) is 76.3 cm³/mol. The Morgan fingerprint density at radius 3 is 2.74 bits per heavy atom. The highest BCUT2D eigenvalue weighted by Gasteiger charge is 2.31. The number of anilines is 1. The van der Waals surface area contributed by atoms with Crippen molar-refractivity contribution in [1.82, 2.24) is 5.32 Å². The SMILES string of the molecule is COc1ccc(C(=O)NC2CCC(C)(C)C2)cc1N. The molecule has 1 unspecified atom stereocenters. The highest BCUT2D eigenvalue weighted by Crippen LogP contribution is 2.37. The summed E-state index contributed by atoms with van der Waals surface area (Å²) < 4.78 is 5.08. The summed E-state index contributed by atoms with van der Waals surface area (Å²) in [6.45, 7) is 4.48. The summed E-state index contributed by atoms with van der Waals surface area (Å²) in [6.07, 6.45) is 3.23. The first-order valence-electron chi connectivity index (χ1n) is 6.66. The van der Waals surface area contributed by atoms with E-state index in [1.807, 2.05) is 0 Å². The molecule has 1 atom stereocenters. The van der Waals surface area contributed by atoms with E-state index in [0.717, 1.165) is 19.3 Å². The van der Waals surface area contributed by atoms with E-state index in [1.165, 1.54) is 0 Å². The second-order valence-electron chi connectivity index (χ2n) is 6.03. The van der Waals surface area contributed by atoms with Crippen LogP contribution in [0.3, 0.4) is 0 Å². The topological polar surface area (TPSA) is 64.3 Å². The Kier molecular flexibility index (Phi) is 3.69. The number of carbonyl (C=O) groups is 1. The van der Waals surface area contributed by atoms with E-state index in [9.17, 15) is 4.79 Å². The number of benzene rings is 1. The highest BCUT2D eigenvalue weighted by molar-refractivity contribution is 5.95. The number of ether oxygens (including phenoxy) is 1. The van der Waals surface area contributed by atoms with Gasteiger partial charge in [-0.3, -0.25) is 4.79 Å². The van der Waals surface area contributed by atoms with E-state index >= 15 is 0 Å². The molecule has 0 spiro atoms. The number of rotatable bonds is 3. The Balaban J connectivity index is 2.02. The maximum absolute atomic E-state index is 12.2. The number of amides is 1. The molecule has 1 fully saturated rings. The van der Waals surface area contributed by atoms with Crippen LogP contribution in [-0.2, 0) is 0 Å². The lowest BCUT2D eigenvalue weighted by molar-refractivity contribution is 0.0936. The van der Waals surface area contributed by atoms with Gasteiger partial charge in [-0.25, -0.2) is 0 Å². The van der Waals surface area contributed by atoms with Crippen molar-refractivity contribution < 1.29 is 9.53 Å². The van der Waals surface area contributed by atoms with Gasteiger partial charge in [-0.15, -0.1) is 0 Å². The number of hydrogen-bond acceptors (Lipinski definition) is 3. The largest absolute Gasteiger partial charge is 0.495 e. The third-order valence-electron chi connectivity index (χ3n) is 3.80. The van der Waals surface area contributed by atoms with Crippen molar-refractivity contribution in [1.29, 1.82) is 0 Å². The Morgan fingerprint density at radius 2 is 2.21 bits per heavy atom. The molecule has 1 aromatic rings. The lowest BCUT2D eigenvalue weighted by Crippen LogP contribution is -2.33. The van der Waals surface area contributed by atoms with Crippen LogP contribution in [0.1, 0.15) is 43.5 Å². The quantitative estimate of drug-likeness (QED) is 0.823. The van der Waals surface area contributed by atoms with Gasteiger partial charge in [-0.2, -0.15) is 0 Å². The van der Waals surface area contributed by atoms with Gasteiger partial charge in [0.25, 0.3) is 5.91 Å². The molecular weight excluding hydrogens is 240 g/mol. The summed E-state index contributed by atoms with van der Waals surface area (Å²) in [5, 5.41) is 3.08. The van der Waals surface area contributed by atoms with Gasteiger partial charge >= 0.3 is 0 Å². The second-order valence-corrected chi connectivity index (χ2v) is 6.03. The van der Waals surface area contributed by atoms with Crippen LogP contribution in [0.15, 0.2) is 18.2 Å². The summed E-state index contributed by atoms with van der Waals surface area (Å²) in [5.74, 6) is 0.538. The molecule has 1 amide bonds. The van der Waals surface area contributed by atoms with Crippen molar-refractivity contribution in [3.05, 3.63) is 23.8 Å². The minimum Gasteiger partial charge on any atom is -0.495 e. The van der Waals surface area contributed by atoms with E-state index < -0.39 is 0 Å². The van der Waals surface area contributed by atoms with E-state index in [1.54, 1.807) is 25.3 Å². The molecule has 0 aromatic heterocycles. The lowest BCUT2D eigenvalue weighted by atomic mass is 9.92. The summed E-state index contributed by atoms with van der Waals surface area (Å²) in [4.78, 5) is 12.2. The Hall–Kier alpha value is -1.71. The van der Waals surface area contributed by atoms with Crippen molar-refractivity contribution in [2.75, 3.05) is 12.8 Å². The molecule has 1 aliphatic carbocycles. The van der Waals surface area contributed by atoms with Gasteiger partial charge in [0, 0.05) is 11.6 Å². The van der Waals surface area contributed by atoms with Crippen LogP contribution in [0.2, 0.25) is 0 Å². The molecule has 0 saturated heterocycles. The van der Waals surface area contributed by atoms with Crippen LogP contribution >= 0.6 is 0 Å². The average molecular weight is 262 g/mol. The third kappa shape index (κ3) is 3.19. The second kappa shape index (κ2) is 5.11. The number of nitrogen functional groups attached to an aromatic ring is 1. The number of nitrogens with one attached hydrogen (secondary N) is 1. The summed E-state index contributed by atoms with van der Waals surface area (Å²) >= 11 is 0. The van der Waals surface area contributed by atoms with Gasteiger partial charge in [0.15, 0.2) is 0 Å². The molecule has 2 rings (SSSR count). The lowest BCUT2D eigenvalue weighted by Gasteiger charge is -2.18. The van der Waals surface area contributed by atoms with Gasteiger partial charge in [-0.05, 0) is 42.9 Å². The zero-order valence-corrected chi connectivity index (χ0v) is 11.8. The molecule has 4 heteroatoms. The average Bonchev–Trinajstić information content (AvgIpc) is 2.68. The molecule has 0 heterocycles. The Labute approximate surface area is 114 Å². The van der Waals surface area contributed by atoms with Crippen molar-refractivity contribution in [3.8, 4) is 5.75 Å². The van der Waals surface area contributed by atoms with E-state index in [2.05, 4.69) is 19.2 Å². The molecule has 1 aliphatic rings. The van der Waals surface area contributed by atoms with Crippen molar-refractivity contribution in [3.63, 3.8) is 0 Å². The van der Waals surface area contributed by atoms with E-state index in [-0.39, 0.29) is 11.9 Å². The molecule has 1 saturated carbocycles. The molecule has 19 heavy (non-hydrogen) atoms. The molecule has 0 radical (unpaired) electrons. The molecule has 3 N–H and O–H groups in total. The van der Waals surface area contributed by atoms with Crippen LogP contribution in [0.25, 0.3) is 0 Å². The van der Waals surface area contributed by atoms with Gasteiger partial charge in [0.2, 0.25) is 0 Å². The number of nitrogens with two attached hydrogens (primary N) is 1. The van der Waals surface area contributed by atoms with Gasteiger partial charge in [0.1, 0.15) is 5.75 Å². The Bertz CT molecular complexity index is 483. The normalized spacial score (nSPS) is 21.1. The maximum Gasteiger partial charge on any atom is 0.251 e. The molecule has 0 bridgehead atoms. The number of carbonyl (C=O) groups excluding carboxylic acids is 1. The van der Waals surface area contributed by atoms with Crippen LogP contribution in [0.4, 0.5) is 5.69 Å². The van der Waals surface area contributed by atoms with Crippen LogP contribution < -0.4 is 15.8 Å². The van der Waals surface area contributed by atoms with Crippen molar-refractivity contribution >= 4 is 11.6 Å². The fourth-order valence-electron chi connectivity index (χ4n) is 2.70. The molecule has 0 aliphatic heterocycles. The first-order chi connectivity index (χ1) is 8.91. The van der Waals surface area contributed by atoms with Crippen LogP contribution in [0, 0.1) is 5.41 Å². The van der Waals surface area contributed by atoms with Crippen LogP contribution in [-0.4, -0.2) is 19.1 Å². The Morgan fingerprint density at radius 1 is 1.47 bits per heavy atom. The first-order valence-corrected chi connectivity index (χ1v) is 6.66. The monoisotopic (exact) mass is 262 g/mol.